The fourth-order valence-corrected chi connectivity index (χ4v) is 5.04. The number of nitrogens with zero attached hydrogens (tertiary/aromatic N) is 3. The number of fused-ring (bicyclic) bond motifs is 3. The molecule has 7 heteroatoms. The Balaban J connectivity index is 1.20. The number of hydrogen-bond acceptors (Lipinski definition) is 7. The minimum Gasteiger partial charge on any atom is -0.460 e. The summed E-state index contributed by atoms with van der Waals surface area (Å²) in [4.78, 5) is 11.2. The van der Waals surface area contributed by atoms with Gasteiger partial charge < -0.3 is 13.9 Å². The summed E-state index contributed by atoms with van der Waals surface area (Å²) in [6.07, 6.45) is 1.74. The number of benzene rings is 1. The van der Waals surface area contributed by atoms with Gasteiger partial charge in [0.2, 0.25) is 0 Å². The van der Waals surface area contributed by atoms with Gasteiger partial charge in [-0.05, 0) is 36.4 Å². The molecule has 6 nitrogen and oxygen atoms in total. The molecule has 0 aliphatic carbocycles. The minimum absolute atomic E-state index is 0.600. The van der Waals surface area contributed by atoms with E-state index in [9.17, 15) is 0 Å². The van der Waals surface area contributed by atoms with E-state index < -0.39 is 0 Å². The van der Waals surface area contributed by atoms with E-state index in [1.54, 1.807) is 6.20 Å². The third-order valence-electron chi connectivity index (χ3n) is 5.58. The first-order valence-electron chi connectivity index (χ1n) is 9.52. The average molecular weight is 393 g/mol. The molecule has 0 radical (unpaired) electrons. The number of ether oxygens (including phenoxy) is 2. The van der Waals surface area contributed by atoms with E-state index in [-0.39, 0.29) is 0 Å². The van der Waals surface area contributed by atoms with Gasteiger partial charge in [0.05, 0.1) is 24.5 Å². The number of rotatable bonds is 4. The van der Waals surface area contributed by atoms with Crippen molar-refractivity contribution < 1.29 is 13.9 Å². The molecule has 3 aromatic heterocycles. The van der Waals surface area contributed by atoms with Crippen molar-refractivity contribution in [3.8, 4) is 10.9 Å². The first-order valence-corrected chi connectivity index (χ1v) is 10.3. The summed E-state index contributed by atoms with van der Waals surface area (Å²) in [7, 11) is 0. The highest BCUT2D eigenvalue weighted by Crippen LogP contribution is 2.34. The third kappa shape index (κ3) is 2.96. The van der Waals surface area contributed by atoms with Gasteiger partial charge in [-0.25, -0.2) is 4.98 Å². The zero-order valence-corrected chi connectivity index (χ0v) is 16.0. The highest BCUT2D eigenvalue weighted by atomic mass is 32.1. The Morgan fingerprint density at radius 1 is 1.14 bits per heavy atom. The first-order chi connectivity index (χ1) is 13.8. The van der Waals surface area contributed by atoms with E-state index in [0.29, 0.717) is 17.0 Å². The van der Waals surface area contributed by atoms with Gasteiger partial charge in [-0.1, -0.05) is 11.3 Å². The Bertz CT molecular complexity index is 1110. The van der Waals surface area contributed by atoms with Crippen molar-refractivity contribution in [3.63, 3.8) is 0 Å². The van der Waals surface area contributed by atoms with Crippen molar-refractivity contribution in [1.29, 1.82) is 0 Å². The minimum atomic E-state index is 0.600. The molecule has 28 heavy (non-hydrogen) atoms. The topological polar surface area (TPSA) is 60.6 Å². The lowest BCUT2D eigenvalue weighted by atomic mass is 10.0. The Kier molecular flexibility index (Phi) is 3.85. The van der Waals surface area contributed by atoms with Crippen LogP contribution in [-0.4, -0.2) is 41.2 Å². The lowest BCUT2D eigenvalue weighted by Crippen LogP contribution is -2.22. The maximum atomic E-state index is 6.05. The Hall–Kier alpha value is -2.48. The Labute approximate surface area is 165 Å². The molecule has 0 saturated carbocycles. The second kappa shape index (κ2) is 6.55. The molecule has 2 atom stereocenters. The average Bonchev–Trinajstić information content (AvgIpc) is 3.43. The monoisotopic (exact) mass is 393 g/mol. The molecule has 2 fully saturated rings. The normalized spacial score (nSPS) is 22.3. The van der Waals surface area contributed by atoms with Crippen molar-refractivity contribution in [1.82, 2.24) is 14.9 Å². The van der Waals surface area contributed by atoms with Gasteiger partial charge >= 0.3 is 0 Å². The highest BCUT2D eigenvalue weighted by molar-refractivity contribution is 7.20. The third-order valence-corrected chi connectivity index (χ3v) is 6.47. The quantitative estimate of drug-likeness (QED) is 0.515. The van der Waals surface area contributed by atoms with Gasteiger partial charge in [-0.3, -0.25) is 4.90 Å². The lowest BCUT2D eigenvalue weighted by Gasteiger charge is -2.14. The molecule has 2 saturated heterocycles. The van der Waals surface area contributed by atoms with Crippen LogP contribution in [0, 0.1) is 11.8 Å². The van der Waals surface area contributed by atoms with Gasteiger partial charge in [-0.2, -0.15) is 4.98 Å². The van der Waals surface area contributed by atoms with Crippen LogP contribution in [0.3, 0.4) is 0 Å². The van der Waals surface area contributed by atoms with Crippen LogP contribution < -0.4 is 4.74 Å². The largest absolute Gasteiger partial charge is 0.460 e. The number of furan rings is 1. The number of aromatic nitrogens is 2. The van der Waals surface area contributed by atoms with Crippen LogP contribution in [0.5, 0.6) is 10.9 Å². The summed E-state index contributed by atoms with van der Waals surface area (Å²) in [5.41, 5.74) is 1.60. The van der Waals surface area contributed by atoms with Gasteiger partial charge in [0.25, 0.3) is 5.19 Å². The fourth-order valence-electron chi connectivity index (χ4n) is 4.25. The van der Waals surface area contributed by atoms with Crippen LogP contribution in [0.15, 0.2) is 47.0 Å². The predicted molar refractivity (Wildman–Crippen MR) is 107 cm³/mol. The first kappa shape index (κ1) is 16.5. The van der Waals surface area contributed by atoms with E-state index in [4.69, 9.17) is 13.9 Å². The summed E-state index contributed by atoms with van der Waals surface area (Å²) >= 11 is 1.50. The molecule has 2 aliphatic rings. The Morgan fingerprint density at radius 3 is 2.89 bits per heavy atom. The molecular weight excluding hydrogens is 374 g/mol. The van der Waals surface area contributed by atoms with E-state index in [1.807, 2.05) is 30.3 Å². The van der Waals surface area contributed by atoms with Crippen LogP contribution in [0.25, 0.3) is 21.3 Å². The molecule has 0 bridgehead atoms. The highest BCUT2D eigenvalue weighted by Gasteiger charge is 2.37. The summed E-state index contributed by atoms with van der Waals surface area (Å²) < 4.78 is 18.6. The van der Waals surface area contributed by atoms with Crippen molar-refractivity contribution in [2.75, 3.05) is 26.3 Å². The summed E-state index contributed by atoms with van der Waals surface area (Å²) in [5.74, 6) is 3.13. The number of pyridine rings is 1. The maximum Gasteiger partial charge on any atom is 0.281 e. The SMILES string of the molecule is c1cnc2nc(Oc3ccc4oc(CN5CC6COCC6C5)cc4c3)sc2c1. The Morgan fingerprint density at radius 2 is 2.04 bits per heavy atom. The lowest BCUT2D eigenvalue weighted by molar-refractivity contribution is 0.150. The van der Waals surface area contributed by atoms with Gasteiger partial charge in [0, 0.05) is 36.5 Å². The predicted octanol–water partition coefficient (Wildman–Crippen LogP) is 4.31. The fraction of sp³-hybridized carbons (Fsp3) is 0.333. The van der Waals surface area contributed by atoms with Gasteiger partial charge in [0.1, 0.15) is 17.1 Å². The maximum absolute atomic E-state index is 6.05. The molecule has 6 rings (SSSR count). The molecule has 5 heterocycles. The summed E-state index contributed by atoms with van der Waals surface area (Å²) in [5, 5.41) is 1.65. The molecule has 0 spiro atoms. The summed E-state index contributed by atoms with van der Waals surface area (Å²) in [6.45, 7) is 4.86. The van der Waals surface area contributed by atoms with Crippen molar-refractivity contribution in [2.24, 2.45) is 11.8 Å². The van der Waals surface area contributed by atoms with Crippen molar-refractivity contribution in [3.05, 3.63) is 48.4 Å². The zero-order valence-electron chi connectivity index (χ0n) is 15.2. The molecule has 2 aliphatic heterocycles. The molecular formula is C21H19N3O3S. The second-order valence-corrected chi connectivity index (χ2v) is 8.56. The van der Waals surface area contributed by atoms with Crippen LogP contribution in [0.2, 0.25) is 0 Å². The number of thiazole rings is 1. The zero-order chi connectivity index (χ0) is 18.5. The number of likely N-dealkylation sites (tertiary alicyclic amines) is 1. The molecule has 142 valence electrons. The number of hydrogen-bond donors (Lipinski definition) is 0. The van der Waals surface area contributed by atoms with Crippen LogP contribution in [0.4, 0.5) is 0 Å². The van der Waals surface area contributed by atoms with E-state index >= 15 is 0 Å². The molecule has 0 amide bonds. The standard InChI is InChI=1S/C21H19N3O3S/c1-2-19-20(22-5-1)23-21(28-19)27-16-3-4-18-13(6-16)7-17(26-18)10-24-8-14-11-25-12-15(14)9-24/h1-7,14-15H,8-12H2. The summed E-state index contributed by atoms with van der Waals surface area (Å²) in [6, 6.07) is 11.9. The van der Waals surface area contributed by atoms with Crippen molar-refractivity contribution >= 4 is 32.7 Å². The second-order valence-electron chi connectivity index (χ2n) is 7.57. The van der Waals surface area contributed by atoms with Gasteiger partial charge in [0.15, 0.2) is 5.65 Å². The van der Waals surface area contributed by atoms with Crippen LogP contribution in [-0.2, 0) is 11.3 Å². The van der Waals surface area contributed by atoms with Crippen molar-refractivity contribution in [2.45, 2.75) is 6.54 Å². The van der Waals surface area contributed by atoms with Gasteiger partial charge in [-0.15, -0.1) is 0 Å². The van der Waals surface area contributed by atoms with E-state index in [0.717, 1.165) is 65.7 Å². The molecule has 2 unspecified atom stereocenters. The van der Waals surface area contributed by atoms with Crippen LogP contribution >= 0.6 is 11.3 Å². The molecule has 0 N–H and O–H groups in total. The molecule has 1 aromatic carbocycles. The smallest absolute Gasteiger partial charge is 0.281 e. The van der Waals surface area contributed by atoms with E-state index in [1.165, 1.54) is 11.3 Å². The molecule has 4 aromatic rings. The van der Waals surface area contributed by atoms with E-state index in [2.05, 4.69) is 20.9 Å². The van der Waals surface area contributed by atoms with Crippen LogP contribution in [0.1, 0.15) is 5.76 Å².